The summed E-state index contributed by atoms with van der Waals surface area (Å²) >= 11 is 0. The van der Waals surface area contributed by atoms with Crippen molar-refractivity contribution in [3.8, 4) is 0 Å². The molecule has 40 heavy (non-hydrogen) atoms. The molecule has 2 aliphatic rings. The molecule has 5 heteroatoms. The molecule has 2 fully saturated rings. The number of fused-ring (bicyclic) bond motifs is 2. The summed E-state index contributed by atoms with van der Waals surface area (Å²) in [6, 6.07) is 35.3. The lowest BCUT2D eigenvalue weighted by Gasteiger charge is -2.43. The monoisotopic (exact) mass is 538 g/mol. The fourth-order valence-electron chi connectivity index (χ4n) is 5.76. The minimum Gasteiger partial charge on any atom is -0.374 e. The van der Waals surface area contributed by atoms with E-state index in [0.717, 1.165) is 29.5 Å². The normalized spacial score (nSPS) is 27.0. The molecule has 0 amide bonds. The quantitative estimate of drug-likeness (QED) is 0.237. The molecular formula is C35H38O5. The number of hydrogen-bond donors (Lipinski definition) is 0. The number of benzene rings is 4. The van der Waals surface area contributed by atoms with E-state index >= 15 is 0 Å². The van der Waals surface area contributed by atoms with Gasteiger partial charge in [-0.3, -0.25) is 0 Å². The molecule has 0 radical (unpaired) electrons. The number of hydrogen-bond acceptors (Lipinski definition) is 5. The van der Waals surface area contributed by atoms with E-state index in [-0.39, 0.29) is 24.4 Å². The molecule has 2 aliphatic heterocycles. The Bertz CT molecular complexity index is 1340. The van der Waals surface area contributed by atoms with Crippen molar-refractivity contribution in [2.45, 2.75) is 63.7 Å². The third-order valence-corrected chi connectivity index (χ3v) is 7.90. The van der Waals surface area contributed by atoms with Crippen LogP contribution in [0, 0.1) is 5.92 Å². The van der Waals surface area contributed by atoms with Crippen molar-refractivity contribution >= 4 is 10.8 Å². The first-order valence-electron chi connectivity index (χ1n) is 14.4. The van der Waals surface area contributed by atoms with Crippen LogP contribution in [0.3, 0.4) is 0 Å². The summed E-state index contributed by atoms with van der Waals surface area (Å²) in [5.74, 6) is 0.393. The second-order valence-corrected chi connectivity index (χ2v) is 11.1. The van der Waals surface area contributed by atoms with Gasteiger partial charge in [0.15, 0.2) is 6.29 Å². The molecule has 5 nitrogen and oxygen atoms in total. The lowest BCUT2D eigenvalue weighted by molar-refractivity contribution is -0.290. The summed E-state index contributed by atoms with van der Waals surface area (Å²) in [6.07, 6.45) is 0.789. The summed E-state index contributed by atoms with van der Waals surface area (Å²) in [4.78, 5) is 0. The highest BCUT2D eigenvalue weighted by atomic mass is 16.7. The average Bonchev–Trinajstić information content (AvgIpc) is 2.99. The lowest BCUT2D eigenvalue weighted by atomic mass is 9.90. The number of rotatable bonds is 8. The maximum atomic E-state index is 6.74. The van der Waals surface area contributed by atoms with Crippen molar-refractivity contribution in [3.63, 3.8) is 0 Å². The van der Waals surface area contributed by atoms with Gasteiger partial charge in [-0.25, -0.2) is 0 Å². The van der Waals surface area contributed by atoms with Gasteiger partial charge >= 0.3 is 0 Å². The van der Waals surface area contributed by atoms with Crippen molar-refractivity contribution in [3.05, 3.63) is 120 Å². The topological polar surface area (TPSA) is 46.2 Å². The van der Waals surface area contributed by atoms with Crippen LogP contribution in [-0.2, 0) is 36.9 Å². The van der Waals surface area contributed by atoms with E-state index < -0.39 is 6.29 Å². The van der Waals surface area contributed by atoms with Crippen molar-refractivity contribution < 1.29 is 23.7 Å². The first kappa shape index (κ1) is 27.1. The lowest BCUT2D eigenvalue weighted by Crippen LogP contribution is -2.50. The van der Waals surface area contributed by atoms with E-state index in [1.54, 1.807) is 0 Å². The van der Waals surface area contributed by atoms with Gasteiger partial charge in [-0.2, -0.15) is 0 Å². The van der Waals surface area contributed by atoms with Crippen LogP contribution in [0.4, 0.5) is 0 Å². The molecule has 4 aromatic rings. The predicted octanol–water partition coefficient (Wildman–Crippen LogP) is 7.24. The highest BCUT2D eigenvalue weighted by Gasteiger charge is 2.40. The Morgan fingerprint density at radius 2 is 1.40 bits per heavy atom. The van der Waals surface area contributed by atoms with E-state index in [4.69, 9.17) is 23.7 Å². The SMILES string of the molecule is C[C@@H]1C[C@@H]2O[C@H](c3ccc4ccccc4c3)OC[C@H]2O[C@@H](COCc2ccccc2)[C@H](OCc2ccccc2)C1. The second kappa shape index (κ2) is 13.1. The minimum absolute atomic E-state index is 0.0630. The molecule has 0 saturated carbocycles. The summed E-state index contributed by atoms with van der Waals surface area (Å²) < 4.78 is 32.3. The molecule has 2 heterocycles. The Balaban J connectivity index is 1.16. The summed E-state index contributed by atoms with van der Waals surface area (Å²) in [6.45, 7) is 4.27. The van der Waals surface area contributed by atoms with Gasteiger partial charge in [0.1, 0.15) is 12.2 Å². The summed E-state index contributed by atoms with van der Waals surface area (Å²) in [5.41, 5.74) is 3.34. The Morgan fingerprint density at radius 1 is 0.700 bits per heavy atom. The minimum atomic E-state index is -0.404. The van der Waals surface area contributed by atoms with E-state index in [2.05, 4.69) is 73.7 Å². The molecule has 0 N–H and O–H groups in total. The largest absolute Gasteiger partial charge is 0.374 e. The van der Waals surface area contributed by atoms with E-state index in [0.29, 0.717) is 32.3 Å². The molecule has 0 bridgehead atoms. The van der Waals surface area contributed by atoms with E-state index in [1.807, 2.05) is 36.4 Å². The van der Waals surface area contributed by atoms with Gasteiger partial charge in [0.05, 0.1) is 38.6 Å². The first-order valence-corrected chi connectivity index (χ1v) is 14.4. The highest BCUT2D eigenvalue weighted by Crippen LogP contribution is 2.36. The average molecular weight is 539 g/mol. The van der Waals surface area contributed by atoms with Crippen molar-refractivity contribution in [2.75, 3.05) is 13.2 Å². The van der Waals surface area contributed by atoms with Gasteiger partial charge in [-0.05, 0) is 46.7 Å². The molecule has 0 spiro atoms. The molecule has 2 saturated heterocycles. The molecule has 0 unspecified atom stereocenters. The van der Waals surface area contributed by atoms with E-state index in [1.165, 1.54) is 10.8 Å². The molecule has 0 aromatic heterocycles. The van der Waals surface area contributed by atoms with Crippen LogP contribution in [0.25, 0.3) is 10.8 Å². The maximum absolute atomic E-state index is 6.74. The molecule has 4 aromatic carbocycles. The van der Waals surface area contributed by atoms with E-state index in [9.17, 15) is 0 Å². The molecule has 0 aliphatic carbocycles. The zero-order valence-electron chi connectivity index (χ0n) is 23.1. The Morgan fingerprint density at radius 3 is 2.17 bits per heavy atom. The Kier molecular flexibility index (Phi) is 8.86. The molecule has 6 rings (SSSR count). The predicted molar refractivity (Wildman–Crippen MR) is 156 cm³/mol. The third-order valence-electron chi connectivity index (χ3n) is 7.90. The summed E-state index contributed by atoms with van der Waals surface area (Å²) in [5, 5.41) is 2.40. The maximum Gasteiger partial charge on any atom is 0.184 e. The number of ether oxygens (including phenoxy) is 5. The van der Waals surface area contributed by atoms with Crippen molar-refractivity contribution in [1.29, 1.82) is 0 Å². The standard InChI is InChI=1S/C35H38O5/c1-25-18-31(37-22-27-12-6-3-7-13-27)33(23-36-21-26-10-4-2-5-11-26)39-34-24-38-35(40-32(34)19-25)30-17-16-28-14-8-9-15-29(28)20-30/h2-17,20,25,31-35H,18-19,21-24H2,1H3/t25-,31+,32-,33-,34+,35+/m0/s1. The van der Waals surface area contributed by atoms with Crippen molar-refractivity contribution in [2.24, 2.45) is 5.92 Å². The molecule has 208 valence electrons. The second-order valence-electron chi connectivity index (χ2n) is 11.1. The van der Waals surface area contributed by atoms with Crippen LogP contribution in [0.15, 0.2) is 103 Å². The fraction of sp³-hybridized carbons (Fsp3) is 0.371. The highest BCUT2D eigenvalue weighted by molar-refractivity contribution is 5.83. The van der Waals surface area contributed by atoms with Crippen LogP contribution >= 0.6 is 0 Å². The van der Waals surface area contributed by atoms with Gasteiger partial charge in [-0.15, -0.1) is 0 Å². The van der Waals surface area contributed by atoms with Gasteiger partial charge in [0.25, 0.3) is 0 Å². The van der Waals surface area contributed by atoms with Crippen molar-refractivity contribution in [1.82, 2.24) is 0 Å². The van der Waals surface area contributed by atoms with Crippen LogP contribution in [0.5, 0.6) is 0 Å². The van der Waals surface area contributed by atoms with Gasteiger partial charge in [0, 0.05) is 5.56 Å². The molecule has 6 atom stereocenters. The van der Waals surface area contributed by atoms with Crippen LogP contribution < -0.4 is 0 Å². The first-order chi connectivity index (χ1) is 19.7. The zero-order chi connectivity index (χ0) is 27.1. The Hall–Kier alpha value is -3.06. The third kappa shape index (κ3) is 6.80. The van der Waals surface area contributed by atoms with Crippen LogP contribution in [0.1, 0.15) is 42.7 Å². The van der Waals surface area contributed by atoms with Gasteiger partial charge in [-0.1, -0.05) is 104 Å². The fourth-order valence-corrected chi connectivity index (χ4v) is 5.76. The van der Waals surface area contributed by atoms with Crippen LogP contribution in [-0.4, -0.2) is 37.6 Å². The van der Waals surface area contributed by atoms with Crippen LogP contribution in [0.2, 0.25) is 0 Å². The zero-order valence-corrected chi connectivity index (χ0v) is 23.1. The van der Waals surface area contributed by atoms with Gasteiger partial charge < -0.3 is 23.7 Å². The summed E-state index contributed by atoms with van der Waals surface area (Å²) in [7, 11) is 0. The van der Waals surface area contributed by atoms with Gasteiger partial charge in [0.2, 0.25) is 0 Å². The Labute approximate surface area is 237 Å². The smallest absolute Gasteiger partial charge is 0.184 e. The molecular weight excluding hydrogens is 500 g/mol.